The number of carbonyl (C=O) groups excluding carboxylic acids is 2. The van der Waals surface area contributed by atoms with Crippen LogP contribution in [0.25, 0.3) is 0 Å². The molecule has 8 nitrogen and oxygen atoms in total. The first-order valence-corrected chi connectivity index (χ1v) is 13.7. The predicted octanol–water partition coefficient (Wildman–Crippen LogP) is 2.94. The SMILES string of the molecule is CN(C(=O)c1ccc(C(F)(F)F)cc1)C1CN(C(=O)N2CCN(S(C)(=O)=O)CC2)CC1c1ccccc1. The van der Waals surface area contributed by atoms with Crippen molar-refractivity contribution in [2.24, 2.45) is 0 Å². The van der Waals surface area contributed by atoms with Gasteiger partial charge in [0.2, 0.25) is 10.0 Å². The summed E-state index contributed by atoms with van der Waals surface area (Å²) in [6, 6.07) is 12.9. The second-order valence-electron chi connectivity index (χ2n) is 9.41. The molecule has 200 valence electrons. The molecule has 3 amide bonds. The maximum atomic E-state index is 13.3. The maximum Gasteiger partial charge on any atom is 0.416 e. The predicted molar refractivity (Wildman–Crippen MR) is 131 cm³/mol. The topological polar surface area (TPSA) is 81.2 Å². The largest absolute Gasteiger partial charge is 0.416 e. The van der Waals surface area contributed by atoms with Crippen molar-refractivity contribution in [1.29, 1.82) is 0 Å². The number of piperazine rings is 1. The van der Waals surface area contributed by atoms with E-state index in [1.165, 1.54) is 9.21 Å². The first-order valence-electron chi connectivity index (χ1n) is 11.8. The molecule has 0 N–H and O–H groups in total. The molecule has 0 aromatic heterocycles. The molecule has 2 unspecified atom stereocenters. The highest BCUT2D eigenvalue weighted by Crippen LogP contribution is 2.33. The molecule has 2 aromatic rings. The summed E-state index contributed by atoms with van der Waals surface area (Å²) in [5.41, 5.74) is 0.239. The fourth-order valence-electron chi connectivity index (χ4n) is 4.93. The highest BCUT2D eigenvalue weighted by Gasteiger charge is 2.42. The third-order valence-electron chi connectivity index (χ3n) is 7.04. The minimum absolute atomic E-state index is 0.129. The van der Waals surface area contributed by atoms with E-state index in [2.05, 4.69) is 0 Å². The van der Waals surface area contributed by atoms with Crippen LogP contribution in [0.4, 0.5) is 18.0 Å². The van der Waals surface area contributed by atoms with Crippen molar-refractivity contribution in [3.63, 3.8) is 0 Å². The van der Waals surface area contributed by atoms with E-state index in [1.54, 1.807) is 16.8 Å². The highest BCUT2D eigenvalue weighted by molar-refractivity contribution is 7.88. The first kappa shape index (κ1) is 26.9. The molecule has 12 heteroatoms. The zero-order valence-electron chi connectivity index (χ0n) is 20.6. The zero-order chi connectivity index (χ0) is 27.0. The van der Waals surface area contributed by atoms with E-state index in [1.807, 2.05) is 30.3 Å². The minimum Gasteiger partial charge on any atom is -0.336 e. The Bertz CT molecular complexity index is 1230. The van der Waals surface area contributed by atoms with Crippen LogP contribution in [0.5, 0.6) is 0 Å². The van der Waals surface area contributed by atoms with Gasteiger partial charge in [-0.2, -0.15) is 17.5 Å². The van der Waals surface area contributed by atoms with Gasteiger partial charge in [-0.1, -0.05) is 30.3 Å². The van der Waals surface area contributed by atoms with E-state index in [4.69, 9.17) is 0 Å². The maximum absolute atomic E-state index is 13.3. The van der Waals surface area contributed by atoms with Crippen molar-refractivity contribution in [2.75, 3.05) is 52.6 Å². The number of likely N-dealkylation sites (N-methyl/N-ethyl adjacent to an activating group) is 1. The van der Waals surface area contributed by atoms with E-state index in [0.29, 0.717) is 6.54 Å². The number of amides is 3. The van der Waals surface area contributed by atoms with Gasteiger partial charge in [-0.15, -0.1) is 0 Å². The fourth-order valence-corrected chi connectivity index (χ4v) is 5.76. The van der Waals surface area contributed by atoms with Gasteiger partial charge in [0.1, 0.15) is 0 Å². The average molecular weight is 539 g/mol. The Morgan fingerprint density at radius 2 is 1.49 bits per heavy atom. The van der Waals surface area contributed by atoms with Crippen LogP contribution in [0, 0.1) is 0 Å². The molecule has 0 saturated carbocycles. The number of urea groups is 1. The monoisotopic (exact) mass is 538 g/mol. The Kier molecular flexibility index (Phi) is 7.52. The normalized spacial score (nSPS) is 21.2. The molecule has 0 spiro atoms. The number of alkyl halides is 3. The summed E-state index contributed by atoms with van der Waals surface area (Å²) in [7, 11) is -1.73. The Morgan fingerprint density at radius 1 is 0.892 bits per heavy atom. The van der Waals surface area contributed by atoms with Gasteiger partial charge >= 0.3 is 12.2 Å². The molecule has 0 radical (unpaired) electrons. The highest BCUT2D eigenvalue weighted by atomic mass is 32.2. The second kappa shape index (κ2) is 10.3. The molecule has 0 bridgehead atoms. The number of likely N-dealkylation sites (tertiary alicyclic amines) is 1. The average Bonchev–Trinajstić information content (AvgIpc) is 3.32. The van der Waals surface area contributed by atoms with Crippen LogP contribution in [0.3, 0.4) is 0 Å². The van der Waals surface area contributed by atoms with Crippen molar-refractivity contribution in [3.8, 4) is 0 Å². The van der Waals surface area contributed by atoms with Gasteiger partial charge in [-0.25, -0.2) is 13.2 Å². The van der Waals surface area contributed by atoms with Gasteiger partial charge in [-0.05, 0) is 29.8 Å². The number of benzene rings is 2. The smallest absolute Gasteiger partial charge is 0.336 e. The van der Waals surface area contributed by atoms with Crippen LogP contribution in [-0.2, 0) is 16.2 Å². The van der Waals surface area contributed by atoms with Gasteiger partial charge in [0.15, 0.2) is 0 Å². The van der Waals surface area contributed by atoms with Crippen LogP contribution in [-0.4, -0.2) is 98.0 Å². The molecule has 2 heterocycles. The lowest BCUT2D eigenvalue weighted by molar-refractivity contribution is -0.137. The number of nitrogens with zero attached hydrogens (tertiary/aromatic N) is 4. The third-order valence-corrected chi connectivity index (χ3v) is 8.35. The summed E-state index contributed by atoms with van der Waals surface area (Å²) in [5, 5.41) is 0. The molecule has 0 aliphatic carbocycles. The van der Waals surface area contributed by atoms with E-state index in [0.717, 1.165) is 36.1 Å². The molecule has 2 fully saturated rings. The molecular formula is C25H29F3N4O4S. The number of halogens is 3. The van der Waals surface area contributed by atoms with Gasteiger partial charge in [0, 0.05) is 57.8 Å². The number of carbonyl (C=O) groups is 2. The Labute approximate surface area is 214 Å². The van der Waals surface area contributed by atoms with Crippen LogP contribution < -0.4 is 0 Å². The third kappa shape index (κ3) is 5.90. The molecule has 37 heavy (non-hydrogen) atoms. The van der Waals surface area contributed by atoms with Crippen molar-refractivity contribution in [1.82, 2.24) is 19.0 Å². The number of hydrogen-bond donors (Lipinski definition) is 0. The van der Waals surface area contributed by atoms with Gasteiger partial charge in [-0.3, -0.25) is 4.79 Å². The lowest BCUT2D eigenvalue weighted by atomic mass is 9.93. The minimum atomic E-state index is -4.50. The lowest BCUT2D eigenvalue weighted by Crippen LogP contribution is -2.53. The van der Waals surface area contributed by atoms with E-state index in [9.17, 15) is 31.2 Å². The summed E-state index contributed by atoms with van der Waals surface area (Å²) in [6.45, 7) is 1.57. The van der Waals surface area contributed by atoms with E-state index >= 15 is 0 Å². The summed E-state index contributed by atoms with van der Waals surface area (Å²) >= 11 is 0. The molecule has 4 rings (SSSR count). The van der Waals surface area contributed by atoms with Crippen molar-refractivity contribution >= 4 is 22.0 Å². The van der Waals surface area contributed by atoms with Crippen LogP contribution >= 0.6 is 0 Å². The molecule has 2 atom stereocenters. The van der Waals surface area contributed by atoms with Gasteiger partial charge in [0.25, 0.3) is 5.91 Å². The molecule has 2 aliphatic rings. The van der Waals surface area contributed by atoms with Crippen molar-refractivity contribution in [2.45, 2.75) is 18.1 Å². The first-order chi connectivity index (χ1) is 17.4. The van der Waals surface area contributed by atoms with Crippen molar-refractivity contribution < 1.29 is 31.2 Å². The van der Waals surface area contributed by atoms with Crippen LogP contribution in [0.15, 0.2) is 54.6 Å². The second-order valence-corrected chi connectivity index (χ2v) is 11.4. The van der Waals surface area contributed by atoms with Gasteiger partial charge < -0.3 is 14.7 Å². The summed E-state index contributed by atoms with van der Waals surface area (Å²) in [4.78, 5) is 31.4. The van der Waals surface area contributed by atoms with Crippen LogP contribution in [0.1, 0.15) is 27.4 Å². The summed E-state index contributed by atoms with van der Waals surface area (Å²) in [5.74, 6) is -0.637. The molecular weight excluding hydrogens is 509 g/mol. The quantitative estimate of drug-likeness (QED) is 0.600. The fraction of sp³-hybridized carbons (Fsp3) is 0.440. The Morgan fingerprint density at radius 3 is 2.03 bits per heavy atom. The Balaban J connectivity index is 1.52. The zero-order valence-corrected chi connectivity index (χ0v) is 21.4. The number of sulfonamides is 1. The number of rotatable bonds is 4. The standard InChI is InChI=1S/C25H29F3N4O4S/c1-29(23(33)19-8-10-20(11-9-19)25(26,27)28)22-17-31(16-21(22)18-6-4-3-5-7-18)24(34)30-12-14-32(15-13-30)37(2,35)36/h3-11,21-22H,12-17H2,1-2H3. The molecule has 2 aliphatic heterocycles. The Hall–Kier alpha value is -3.12. The molecule has 2 aromatic carbocycles. The number of hydrogen-bond acceptors (Lipinski definition) is 4. The van der Waals surface area contributed by atoms with E-state index in [-0.39, 0.29) is 50.2 Å². The summed E-state index contributed by atoms with van der Waals surface area (Å²) < 4.78 is 63.8. The van der Waals surface area contributed by atoms with Gasteiger partial charge in [0.05, 0.1) is 17.9 Å². The van der Waals surface area contributed by atoms with Crippen LogP contribution in [0.2, 0.25) is 0 Å². The lowest BCUT2D eigenvalue weighted by Gasteiger charge is -2.35. The molecule has 2 saturated heterocycles. The van der Waals surface area contributed by atoms with Crippen molar-refractivity contribution in [3.05, 3.63) is 71.3 Å². The summed E-state index contributed by atoms with van der Waals surface area (Å²) in [6.07, 6.45) is -3.35. The van der Waals surface area contributed by atoms with E-state index < -0.39 is 33.7 Å².